The molecule has 2 nitrogen and oxygen atoms in total. The highest BCUT2D eigenvalue weighted by Gasteiger charge is 2.31. The molecule has 2 aromatic rings. The van der Waals surface area contributed by atoms with Crippen molar-refractivity contribution < 1.29 is 22.4 Å². The third-order valence-corrected chi connectivity index (χ3v) is 2.82. The van der Waals surface area contributed by atoms with E-state index in [2.05, 4.69) is 4.98 Å². The van der Waals surface area contributed by atoms with Crippen molar-refractivity contribution in [2.45, 2.75) is 13.1 Å². The standard InChI is InChI=1S/C14H9F4NO/c1-8-6-9(14(16,17)18)2-3-10(8)13(20)11-4-5-19-7-12(11)15/h2-7H,1H3. The lowest BCUT2D eigenvalue weighted by Crippen LogP contribution is -2.10. The number of alkyl halides is 3. The van der Waals surface area contributed by atoms with Gasteiger partial charge in [-0.2, -0.15) is 13.2 Å². The van der Waals surface area contributed by atoms with Gasteiger partial charge in [0.1, 0.15) is 0 Å². The van der Waals surface area contributed by atoms with Gasteiger partial charge in [0.2, 0.25) is 0 Å². The van der Waals surface area contributed by atoms with Crippen LogP contribution in [0.2, 0.25) is 0 Å². The lowest BCUT2D eigenvalue weighted by Gasteiger charge is -2.10. The number of hydrogen-bond donors (Lipinski definition) is 0. The third-order valence-electron chi connectivity index (χ3n) is 2.82. The number of carbonyl (C=O) groups is 1. The molecule has 0 spiro atoms. The lowest BCUT2D eigenvalue weighted by molar-refractivity contribution is -0.137. The normalized spacial score (nSPS) is 11.4. The minimum atomic E-state index is -4.48. The quantitative estimate of drug-likeness (QED) is 0.620. The Bertz CT molecular complexity index is 664. The fourth-order valence-electron chi connectivity index (χ4n) is 1.80. The first-order chi connectivity index (χ1) is 9.30. The second-order valence-corrected chi connectivity index (χ2v) is 4.21. The van der Waals surface area contributed by atoms with Gasteiger partial charge in [-0.3, -0.25) is 9.78 Å². The van der Waals surface area contributed by atoms with Crippen molar-refractivity contribution >= 4 is 5.78 Å². The van der Waals surface area contributed by atoms with E-state index in [0.29, 0.717) is 0 Å². The van der Waals surface area contributed by atoms with Gasteiger partial charge in [-0.25, -0.2) is 4.39 Å². The summed E-state index contributed by atoms with van der Waals surface area (Å²) < 4.78 is 51.1. The molecule has 0 aliphatic heterocycles. The molecule has 0 saturated heterocycles. The largest absolute Gasteiger partial charge is 0.416 e. The Morgan fingerprint density at radius 2 is 1.85 bits per heavy atom. The monoisotopic (exact) mass is 283 g/mol. The summed E-state index contributed by atoms with van der Waals surface area (Å²) in [5.74, 6) is -1.48. The van der Waals surface area contributed by atoms with E-state index >= 15 is 0 Å². The molecule has 0 saturated carbocycles. The van der Waals surface area contributed by atoms with Gasteiger partial charge in [-0.15, -0.1) is 0 Å². The zero-order chi connectivity index (χ0) is 14.9. The van der Waals surface area contributed by atoms with Crippen molar-refractivity contribution in [3.8, 4) is 0 Å². The Labute approximate surface area is 112 Å². The van der Waals surface area contributed by atoms with Crippen molar-refractivity contribution in [3.63, 3.8) is 0 Å². The highest BCUT2D eigenvalue weighted by atomic mass is 19.4. The number of aryl methyl sites for hydroxylation is 1. The smallest absolute Gasteiger partial charge is 0.288 e. The molecule has 0 amide bonds. The summed E-state index contributed by atoms with van der Waals surface area (Å²) in [6.45, 7) is 1.38. The van der Waals surface area contributed by atoms with Gasteiger partial charge in [0.05, 0.1) is 17.3 Å². The minimum Gasteiger partial charge on any atom is -0.288 e. The molecule has 0 N–H and O–H groups in total. The molecule has 0 aliphatic rings. The van der Waals surface area contributed by atoms with Gasteiger partial charge in [0.25, 0.3) is 0 Å². The minimum absolute atomic E-state index is 0.0306. The summed E-state index contributed by atoms with van der Waals surface area (Å²) in [4.78, 5) is 15.6. The number of halogens is 4. The molecule has 20 heavy (non-hydrogen) atoms. The summed E-state index contributed by atoms with van der Waals surface area (Å²) >= 11 is 0. The first-order valence-corrected chi connectivity index (χ1v) is 5.63. The molecule has 2 rings (SSSR count). The highest BCUT2D eigenvalue weighted by molar-refractivity contribution is 6.10. The van der Waals surface area contributed by atoms with E-state index in [1.165, 1.54) is 19.2 Å². The SMILES string of the molecule is Cc1cc(C(F)(F)F)ccc1C(=O)c1ccncc1F. The lowest BCUT2D eigenvalue weighted by atomic mass is 9.97. The van der Waals surface area contributed by atoms with Gasteiger partial charge in [0, 0.05) is 11.8 Å². The van der Waals surface area contributed by atoms with E-state index in [1.54, 1.807) is 0 Å². The zero-order valence-electron chi connectivity index (χ0n) is 10.3. The number of aromatic nitrogens is 1. The number of hydrogen-bond acceptors (Lipinski definition) is 2. The Kier molecular flexibility index (Phi) is 3.57. The molecular formula is C14H9F4NO. The van der Waals surface area contributed by atoms with Gasteiger partial charge < -0.3 is 0 Å². The number of nitrogens with zero attached hydrogens (tertiary/aromatic N) is 1. The predicted octanol–water partition coefficient (Wildman–Crippen LogP) is 3.78. The molecule has 0 unspecified atom stereocenters. The van der Waals surface area contributed by atoms with Crippen LogP contribution >= 0.6 is 0 Å². The van der Waals surface area contributed by atoms with E-state index < -0.39 is 23.3 Å². The van der Waals surface area contributed by atoms with Crippen LogP contribution in [0.3, 0.4) is 0 Å². The molecule has 0 fully saturated rings. The van der Waals surface area contributed by atoms with Crippen LogP contribution in [0.25, 0.3) is 0 Å². The van der Waals surface area contributed by atoms with E-state index in [4.69, 9.17) is 0 Å². The Hall–Kier alpha value is -2.24. The topological polar surface area (TPSA) is 30.0 Å². The Morgan fingerprint density at radius 3 is 2.40 bits per heavy atom. The van der Waals surface area contributed by atoms with Gasteiger partial charge in [-0.1, -0.05) is 6.07 Å². The molecular weight excluding hydrogens is 274 g/mol. The molecule has 104 valence electrons. The summed E-state index contributed by atoms with van der Waals surface area (Å²) in [7, 11) is 0. The van der Waals surface area contributed by atoms with Crippen LogP contribution in [0.1, 0.15) is 27.0 Å². The van der Waals surface area contributed by atoms with E-state index in [9.17, 15) is 22.4 Å². The maximum absolute atomic E-state index is 13.5. The van der Waals surface area contributed by atoms with Gasteiger partial charge >= 0.3 is 6.18 Å². The predicted molar refractivity (Wildman–Crippen MR) is 63.8 cm³/mol. The first kappa shape index (κ1) is 14.2. The summed E-state index contributed by atoms with van der Waals surface area (Å²) in [6.07, 6.45) is -2.35. The van der Waals surface area contributed by atoms with Gasteiger partial charge in [0.15, 0.2) is 11.6 Å². The van der Waals surface area contributed by atoms with Crippen LogP contribution in [-0.4, -0.2) is 10.8 Å². The maximum atomic E-state index is 13.5. The van der Waals surface area contributed by atoms with E-state index in [1.807, 2.05) is 0 Å². The molecule has 6 heteroatoms. The van der Waals surface area contributed by atoms with Crippen molar-refractivity contribution in [1.29, 1.82) is 0 Å². The van der Waals surface area contributed by atoms with Crippen molar-refractivity contribution in [2.24, 2.45) is 0 Å². The fourth-order valence-corrected chi connectivity index (χ4v) is 1.80. The second-order valence-electron chi connectivity index (χ2n) is 4.21. The van der Waals surface area contributed by atoms with Crippen LogP contribution in [0.15, 0.2) is 36.7 Å². The number of rotatable bonds is 2. The number of pyridine rings is 1. The summed E-state index contributed by atoms with van der Waals surface area (Å²) in [5.41, 5.74) is -0.895. The fraction of sp³-hybridized carbons (Fsp3) is 0.143. The van der Waals surface area contributed by atoms with Crippen LogP contribution < -0.4 is 0 Å². The Morgan fingerprint density at radius 1 is 1.15 bits per heavy atom. The molecule has 0 radical (unpaired) electrons. The maximum Gasteiger partial charge on any atom is 0.416 e. The molecule has 0 atom stereocenters. The zero-order valence-corrected chi connectivity index (χ0v) is 10.3. The molecule has 1 heterocycles. The molecule has 0 aliphatic carbocycles. The number of ketones is 1. The van der Waals surface area contributed by atoms with Crippen molar-refractivity contribution in [3.05, 3.63) is 64.7 Å². The van der Waals surface area contributed by atoms with Crippen LogP contribution in [0, 0.1) is 12.7 Å². The number of benzene rings is 1. The molecule has 1 aromatic carbocycles. The van der Waals surface area contributed by atoms with Crippen LogP contribution in [-0.2, 0) is 6.18 Å². The molecule has 1 aromatic heterocycles. The third kappa shape index (κ3) is 2.68. The van der Waals surface area contributed by atoms with Crippen LogP contribution in [0.4, 0.5) is 17.6 Å². The van der Waals surface area contributed by atoms with Crippen molar-refractivity contribution in [1.82, 2.24) is 4.98 Å². The van der Waals surface area contributed by atoms with Crippen molar-refractivity contribution in [2.75, 3.05) is 0 Å². The first-order valence-electron chi connectivity index (χ1n) is 5.63. The van der Waals surface area contributed by atoms with Gasteiger partial charge in [-0.05, 0) is 30.7 Å². The second kappa shape index (κ2) is 5.03. The van der Waals surface area contributed by atoms with E-state index in [0.717, 1.165) is 24.4 Å². The average Bonchev–Trinajstić information content (AvgIpc) is 2.37. The number of carbonyl (C=O) groups excluding carboxylic acids is 1. The average molecular weight is 283 g/mol. The summed E-state index contributed by atoms with van der Waals surface area (Å²) in [5, 5.41) is 0. The van der Waals surface area contributed by atoms with Crippen LogP contribution in [0.5, 0.6) is 0 Å². The Balaban J connectivity index is 2.45. The highest BCUT2D eigenvalue weighted by Crippen LogP contribution is 2.31. The summed E-state index contributed by atoms with van der Waals surface area (Å²) in [6, 6.07) is 3.92. The molecule has 0 bridgehead atoms. The van der Waals surface area contributed by atoms with E-state index in [-0.39, 0.29) is 16.7 Å².